The molecule has 0 aromatic rings. The molecule has 0 saturated heterocycles. The van der Waals surface area contributed by atoms with Gasteiger partial charge in [0.15, 0.2) is 0 Å². The average Bonchev–Trinajstić information content (AvgIpc) is 2.53. The first-order valence-electron chi connectivity index (χ1n) is 8.86. The number of unbranched alkanes of at least 4 members (excludes halogenated alkanes) is 3. The van der Waals surface area contributed by atoms with Crippen LogP contribution in [0.2, 0.25) is 0 Å². The fourth-order valence-electron chi connectivity index (χ4n) is 2.43. The minimum Gasteiger partial charge on any atom is -0.478 e. The second-order valence-electron chi connectivity index (χ2n) is 5.90. The van der Waals surface area contributed by atoms with Gasteiger partial charge in [0.1, 0.15) is 0 Å². The molecule has 136 valence electrons. The summed E-state index contributed by atoms with van der Waals surface area (Å²) in [5.41, 5.74) is 0. The van der Waals surface area contributed by atoms with E-state index in [1.807, 2.05) is 0 Å². The molecule has 0 fully saturated rings. The Morgan fingerprint density at radius 1 is 0.739 bits per heavy atom. The monoisotopic (exact) mass is 330 g/mol. The molecule has 0 aromatic carbocycles. The van der Waals surface area contributed by atoms with Crippen LogP contribution >= 0.6 is 0 Å². The van der Waals surface area contributed by atoms with E-state index in [-0.39, 0.29) is 0 Å². The van der Waals surface area contributed by atoms with E-state index in [1.54, 1.807) is 0 Å². The SMILES string of the molecule is CCCC[N+](CC)(CCCC)CCCC.O=C(O)/C=C\C(=O)O. The van der Waals surface area contributed by atoms with Crippen LogP contribution in [0.25, 0.3) is 0 Å². The van der Waals surface area contributed by atoms with Gasteiger partial charge < -0.3 is 14.7 Å². The van der Waals surface area contributed by atoms with Gasteiger partial charge in [-0.1, -0.05) is 40.0 Å². The molecule has 0 atom stereocenters. The molecule has 0 aromatic heterocycles. The highest BCUT2D eigenvalue weighted by Gasteiger charge is 2.22. The van der Waals surface area contributed by atoms with Crippen LogP contribution in [0.3, 0.4) is 0 Å². The summed E-state index contributed by atoms with van der Waals surface area (Å²) < 4.78 is 1.38. The fraction of sp³-hybridized carbons (Fsp3) is 0.778. The van der Waals surface area contributed by atoms with Crippen molar-refractivity contribution in [3.8, 4) is 0 Å². The molecule has 0 unspecified atom stereocenters. The number of aliphatic carboxylic acids is 2. The summed E-state index contributed by atoms with van der Waals surface area (Å²) >= 11 is 0. The standard InChI is InChI=1S/C14H32N.C4H4O4/c1-5-9-12-15(8-4,13-10-6-2)14-11-7-3;5-3(6)1-2-4(7)8/h5-14H2,1-4H3;1-2H,(H,5,6)(H,7,8)/q+1;/b;2-1-. The molecule has 0 saturated carbocycles. The van der Waals surface area contributed by atoms with E-state index in [1.165, 1.54) is 69.2 Å². The van der Waals surface area contributed by atoms with Crippen molar-refractivity contribution in [1.29, 1.82) is 0 Å². The molecule has 0 bridgehead atoms. The number of nitrogens with zero attached hydrogens (tertiary/aromatic N) is 1. The lowest BCUT2D eigenvalue weighted by Crippen LogP contribution is -2.49. The topological polar surface area (TPSA) is 74.6 Å². The molecule has 0 radical (unpaired) electrons. The maximum absolute atomic E-state index is 9.55. The van der Waals surface area contributed by atoms with Crippen molar-refractivity contribution < 1.29 is 24.3 Å². The Kier molecular flexibility index (Phi) is 16.1. The van der Waals surface area contributed by atoms with E-state index in [4.69, 9.17) is 10.2 Å². The number of carboxylic acid groups (broad SMARTS) is 2. The van der Waals surface area contributed by atoms with E-state index in [0.29, 0.717) is 12.2 Å². The maximum atomic E-state index is 9.55. The van der Waals surface area contributed by atoms with Gasteiger partial charge >= 0.3 is 11.9 Å². The Labute approximate surface area is 141 Å². The first-order chi connectivity index (χ1) is 10.9. The third-order valence-corrected chi connectivity index (χ3v) is 4.00. The summed E-state index contributed by atoms with van der Waals surface area (Å²) in [5, 5.41) is 15.6. The van der Waals surface area contributed by atoms with Gasteiger partial charge in [0.25, 0.3) is 0 Å². The molecule has 5 heteroatoms. The lowest BCUT2D eigenvalue weighted by Gasteiger charge is -2.38. The lowest BCUT2D eigenvalue weighted by molar-refractivity contribution is -0.927. The van der Waals surface area contributed by atoms with Gasteiger partial charge in [-0.15, -0.1) is 0 Å². The quantitative estimate of drug-likeness (QED) is 0.420. The summed E-state index contributed by atoms with van der Waals surface area (Å²) in [6.45, 7) is 14.9. The molecule has 0 aliphatic carbocycles. The molecule has 0 aliphatic heterocycles. The number of hydrogen-bond acceptors (Lipinski definition) is 2. The van der Waals surface area contributed by atoms with Gasteiger partial charge in [0.2, 0.25) is 0 Å². The smallest absolute Gasteiger partial charge is 0.328 e. The first-order valence-corrected chi connectivity index (χ1v) is 8.86. The zero-order valence-electron chi connectivity index (χ0n) is 15.4. The van der Waals surface area contributed by atoms with E-state index in [9.17, 15) is 9.59 Å². The van der Waals surface area contributed by atoms with E-state index < -0.39 is 11.9 Å². The number of hydrogen-bond donors (Lipinski definition) is 2. The Bertz CT molecular complexity index is 302. The van der Waals surface area contributed by atoms with Gasteiger partial charge in [-0.05, 0) is 26.2 Å². The number of quaternary nitrogens is 1. The minimum absolute atomic E-state index is 0.558. The van der Waals surface area contributed by atoms with Crippen molar-refractivity contribution in [2.45, 2.75) is 66.2 Å². The van der Waals surface area contributed by atoms with Crippen molar-refractivity contribution >= 4 is 11.9 Å². The molecule has 23 heavy (non-hydrogen) atoms. The molecule has 0 amide bonds. The number of carboxylic acids is 2. The molecular formula is C18H36NO4+. The maximum Gasteiger partial charge on any atom is 0.328 e. The van der Waals surface area contributed by atoms with Crippen LogP contribution in [-0.4, -0.2) is 52.8 Å². The van der Waals surface area contributed by atoms with Crippen molar-refractivity contribution in [2.24, 2.45) is 0 Å². The molecule has 0 aliphatic rings. The van der Waals surface area contributed by atoms with Gasteiger partial charge in [-0.3, -0.25) is 0 Å². The Morgan fingerprint density at radius 2 is 1.04 bits per heavy atom. The Morgan fingerprint density at radius 3 is 1.22 bits per heavy atom. The zero-order valence-corrected chi connectivity index (χ0v) is 15.4. The van der Waals surface area contributed by atoms with Crippen LogP contribution in [0, 0.1) is 0 Å². The highest BCUT2D eigenvalue weighted by molar-refractivity contribution is 5.89. The van der Waals surface area contributed by atoms with Crippen molar-refractivity contribution in [2.75, 3.05) is 26.2 Å². The second-order valence-corrected chi connectivity index (χ2v) is 5.90. The lowest BCUT2D eigenvalue weighted by atomic mass is 10.1. The molecule has 0 rings (SSSR count). The van der Waals surface area contributed by atoms with Crippen LogP contribution in [0.15, 0.2) is 12.2 Å². The fourth-order valence-corrected chi connectivity index (χ4v) is 2.43. The number of rotatable bonds is 12. The van der Waals surface area contributed by atoms with Crippen LogP contribution < -0.4 is 0 Å². The third-order valence-electron chi connectivity index (χ3n) is 4.00. The Hall–Kier alpha value is -1.36. The van der Waals surface area contributed by atoms with Gasteiger partial charge in [-0.2, -0.15) is 0 Å². The van der Waals surface area contributed by atoms with Crippen LogP contribution in [0.5, 0.6) is 0 Å². The van der Waals surface area contributed by atoms with E-state index >= 15 is 0 Å². The minimum atomic E-state index is -1.26. The van der Waals surface area contributed by atoms with Crippen molar-refractivity contribution in [3.63, 3.8) is 0 Å². The van der Waals surface area contributed by atoms with Gasteiger partial charge in [0, 0.05) is 12.2 Å². The highest BCUT2D eigenvalue weighted by Crippen LogP contribution is 2.14. The molecular weight excluding hydrogens is 294 g/mol. The highest BCUT2D eigenvalue weighted by atomic mass is 16.4. The average molecular weight is 330 g/mol. The van der Waals surface area contributed by atoms with Crippen LogP contribution in [0.4, 0.5) is 0 Å². The van der Waals surface area contributed by atoms with Crippen molar-refractivity contribution in [1.82, 2.24) is 0 Å². The van der Waals surface area contributed by atoms with Crippen LogP contribution in [0.1, 0.15) is 66.2 Å². The summed E-state index contributed by atoms with van der Waals surface area (Å²) in [6, 6.07) is 0. The first kappa shape index (κ1) is 23.9. The largest absolute Gasteiger partial charge is 0.478 e. The van der Waals surface area contributed by atoms with Crippen LogP contribution in [-0.2, 0) is 9.59 Å². The predicted molar refractivity (Wildman–Crippen MR) is 94.5 cm³/mol. The summed E-state index contributed by atoms with van der Waals surface area (Å²) in [5.74, 6) is -2.51. The molecule has 0 heterocycles. The molecule has 0 spiro atoms. The van der Waals surface area contributed by atoms with Crippen molar-refractivity contribution in [3.05, 3.63) is 12.2 Å². The molecule has 5 nitrogen and oxygen atoms in total. The van der Waals surface area contributed by atoms with E-state index in [2.05, 4.69) is 27.7 Å². The second kappa shape index (κ2) is 15.5. The normalized spacial score (nSPS) is 11.1. The molecule has 2 N–H and O–H groups in total. The summed E-state index contributed by atoms with van der Waals surface area (Å²) in [4.78, 5) is 19.1. The van der Waals surface area contributed by atoms with E-state index in [0.717, 1.165) is 0 Å². The predicted octanol–water partition coefficient (Wildman–Crippen LogP) is 3.94. The number of carbonyl (C=O) groups is 2. The Balaban J connectivity index is 0. The summed E-state index contributed by atoms with van der Waals surface area (Å²) in [6.07, 6.45) is 9.36. The third kappa shape index (κ3) is 15.3. The summed E-state index contributed by atoms with van der Waals surface area (Å²) in [7, 11) is 0. The van der Waals surface area contributed by atoms with Gasteiger partial charge in [0.05, 0.1) is 26.2 Å². The zero-order chi connectivity index (χ0) is 18.1. The van der Waals surface area contributed by atoms with Gasteiger partial charge in [-0.25, -0.2) is 9.59 Å².